The van der Waals surface area contributed by atoms with Crippen molar-refractivity contribution in [1.29, 1.82) is 0 Å². The van der Waals surface area contributed by atoms with E-state index in [1.165, 1.54) is 12.0 Å². The molecule has 1 atom stereocenters. The van der Waals surface area contributed by atoms with E-state index in [2.05, 4.69) is 60.5 Å². The molecular formula is C21H19ClN6S. The highest BCUT2D eigenvalue weighted by molar-refractivity contribution is 7.16. The van der Waals surface area contributed by atoms with Gasteiger partial charge >= 0.3 is 0 Å². The molecule has 5 rings (SSSR count). The zero-order chi connectivity index (χ0) is 19.6. The fraction of sp³-hybridized carbons (Fsp3) is 0.238. The van der Waals surface area contributed by atoms with Crippen molar-refractivity contribution in [3.63, 3.8) is 0 Å². The van der Waals surface area contributed by atoms with E-state index >= 15 is 0 Å². The molecule has 29 heavy (non-hydrogen) atoms. The second-order valence-corrected chi connectivity index (χ2v) is 8.31. The Kier molecular flexibility index (Phi) is 4.99. The molecule has 3 heterocycles. The van der Waals surface area contributed by atoms with Gasteiger partial charge in [-0.2, -0.15) is 15.0 Å². The van der Waals surface area contributed by atoms with Crippen LogP contribution < -0.4 is 10.2 Å². The molecule has 0 aliphatic carbocycles. The van der Waals surface area contributed by atoms with E-state index in [1.54, 1.807) is 11.3 Å². The number of halogens is 1. The predicted octanol–water partition coefficient (Wildman–Crippen LogP) is 5.26. The number of hydrogen-bond donors (Lipinski definition) is 1. The first-order valence-electron chi connectivity index (χ1n) is 9.56. The lowest BCUT2D eigenvalue weighted by Crippen LogP contribution is -2.35. The summed E-state index contributed by atoms with van der Waals surface area (Å²) in [5.41, 5.74) is 5.07. The first-order valence-corrected chi connectivity index (χ1v) is 10.8. The molecule has 1 fully saturated rings. The maximum Gasteiger partial charge on any atom is 0.233 e. The average molecular weight is 423 g/mol. The van der Waals surface area contributed by atoms with E-state index < -0.39 is 0 Å². The van der Waals surface area contributed by atoms with Gasteiger partial charge in [-0.15, -0.1) is 11.3 Å². The monoisotopic (exact) mass is 422 g/mol. The predicted molar refractivity (Wildman–Crippen MR) is 118 cm³/mol. The van der Waals surface area contributed by atoms with E-state index in [1.807, 2.05) is 23.7 Å². The Labute approximate surface area is 177 Å². The van der Waals surface area contributed by atoms with Crippen LogP contribution in [0.25, 0.3) is 10.2 Å². The van der Waals surface area contributed by atoms with Crippen LogP contribution in [0.1, 0.15) is 24.3 Å². The number of benzene rings is 2. The van der Waals surface area contributed by atoms with Crippen molar-refractivity contribution in [1.82, 2.24) is 19.9 Å². The quantitative estimate of drug-likeness (QED) is 0.483. The number of nitrogens with zero attached hydrogens (tertiary/aromatic N) is 5. The van der Waals surface area contributed by atoms with Crippen LogP contribution in [0.4, 0.5) is 17.6 Å². The van der Waals surface area contributed by atoms with Gasteiger partial charge in [0, 0.05) is 24.7 Å². The summed E-state index contributed by atoms with van der Waals surface area (Å²) in [4.78, 5) is 19.8. The van der Waals surface area contributed by atoms with E-state index in [9.17, 15) is 0 Å². The first-order chi connectivity index (χ1) is 14.2. The third-order valence-electron chi connectivity index (χ3n) is 5.16. The highest BCUT2D eigenvalue weighted by Crippen LogP contribution is 2.30. The summed E-state index contributed by atoms with van der Waals surface area (Å²) in [6, 6.07) is 16.6. The summed E-state index contributed by atoms with van der Waals surface area (Å²) in [6.45, 7) is 1.78. The van der Waals surface area contributed by atoms with Crippen molar-refractivity contribution in [3.05, 3.63) is 64.9 Å². The number of aromatic nitrogens is 4. The Bertz CT molecular complexity index is 1130. The second-order valence-electron chi connectivity index (χ2n) is 7.08. The summed E-state index contributed by atoms with van der Waals surface area (Å²) in [5, 5.41) is 3.45. The third kappa shape index (κ3) is 4.02. The maximum atomic E-state index is 6.23. The number of thiazole rings is 1. The normalized spacial score (nSPS) is 16.9. The van der Waals surface area contributed by atoms with Crippen LogP contribution >= 0.6 is 22.9 Å². The molecule has 0 amide bonds. The topological polar surface area (TPSA) is 66.8 Å². The molecule has 0 bridgehead atoms. The lowest BCUT2D eigenvalue weighted by Gasteiger charge is -2.33. The number of anilines is 3. The lowest BCUT2D eigenvalue weighted by atomic mass is 9.91. The van der Waals surface area contributed by atoms with Crippen molar-refractivity contribution in [3.8, 4) is 0 Å². The molecular weight excluding hydrogens is 404 g/mol. The smallest absolute Gasteiger partial charge is 0.233 e. The molecule has 1 unspecified atom stereocenters. The largest absolute Gasteiger partial charge is 0.340 e. The Morgan fingerprint density at radius 2 is 1.97 bits per heavy atom. The van der Waals surface area contributed by atoms with Gasteiger partial charge in [0.1, 0.15) is 0 Å². The molecule has 0 radical (unpaired) electrons. The number of nitrogens with one attached hydrogen (secondary N) is 1. The van der Waals surface area contributed by atoms with Crippen LogP contribution in [0.3, 0.4) is 0 Å². The molecule has 1 aliphatic rings. The van der Waals surface area contributed by atoms with Gasteiger partial charge in [0.15, 0.2) is 0 Å². The minimum Gasteiger partial charge on any atom is -0.340 e. The molecule has 0 spiro atoms. The highest BCUT2D eigenvalue weighted by atomic mass is 35.5. The minimum absolute atomic E-state index is 0.193. The van der Waals surface area contributed by atoms with Crippen LogP contribution in [-0.2, 0) is 0 Å². The van der Waals surface area contributed by atoms with E-state index in [-0.39, 0.29) is 5.28 Å². The van der Waals surface area contributed by atoms with Crippen molar-refractivity contribution in [2.75, 3.05) is 23.3 Å². The van der Waals surface area contributed by atoms with Gasteiger partial charge in [-0.3, -0.25) is 0 Å². The van der Waals surface area contributed by atoms with Crippen molar-refractivity contribution < 1.29 is 0 Å². The van der Waals surface area contributed by atoms with Gasteiger partial charge in [-0.05, 0) is 48.2 Å². The van der Waals surface area contributed by atoms with Crippen molar-refractivity contribution in [2.45, 2.75) is 18.8 Å². The van der Waals surface area contributed by atoms with Gasteiger partial charge in [0.05, 0.1) is 15.7 Å². The van der Waals surface area contributed by atoms with Crippen molar-refractivity contribution >= 4 is 50.7 Å². The van der Waals surface area contributed by atoms with Gasteiger partial charge in [-0.1, -0.05) is 30.3 Å². The molecule has 1 N–H and O–H groups in total. The molecule has 0 saturated carbocycles. The van der Waals surface area contributed by atoms with Gasteiger partial charge < -0.3 is 10.2 Å². The number of hydrogen-bond acceptors (Lipinski definition) is 7. The molecule has 4 aromatic rings. The Morgan fingerprint density at radius 1 is 1.07 bits per heavy atom. The highest BCUT2D eigenvalue weighted by Gasteiger charge is 2.24. The number of fused-ring (bicyclic) bond motifs is 1. The third-order valence-corrected chi connectivity index (χ3v) is 6.12. The molecule has 2 aromatic carbocycles. The molecule has 1 saturated heterocycles. The zero-order valence-corrected chi connectivity index (χ0v) is 17.2. The van der Waals surface area contributed by atoms with Crippen LogP contribution in [0.15, 0.2) is 54.0 Å². The van der Waals surface area contributed by atoms with Crippen LogP contribution in [0, 0.1) is 0 Å². The van der Waals surface area contributed by atoms with E-state index in [0.717, 1.165) is 35.4 Å². The fourth-order valence-electron chi connectivity index (χ4n) is 3.75. The lowest BCUT2D eigenvalue weighted by molar-refractivity contribution is 0.503. The number of rotatable bonds is 4. The van der Waals surface area contributed by atoms with Crippen molar-refractivity contribution in [2.24, 2.45) is 0 Å². The molecule has 6 nitrogen and oxygen atoms in total. The first kappa shape index (κ1) is 18.3. The number of piperidine rings is 1. The van der Waals surface area contributed by atoms with E-state index in [4.69, 9.17) is 11.6 Å². The Balaban J connectivity index is 1.38. The van der Waals surface area contributed by atoms with E-state index in [0.29, 0.717) is 17.8 Å². The van der Waals surface area contributed by atoms with Crippen LogP contribution in [0.2, 0.25) is 5.28 Å². The summed E-state index contributed by atoms with van der Waals surface area (Å²) >= 11 is 7.83. The van der Waals surface area contributed by atoms with Gasteiger partial charge in [0.25, 0.3) is 0 Å². The summed E-state index contributed by atoms with van der Waals surface area (Å²) in [6.07, 6.45) is 2.26. The fourth-order valence-corrected chi connectivity index (χ4v) is 4.63. The zero-order valence-electron chi connectivity index (χ0n) is 15.6. The minimum atomic E-state index is 0.193. The maximum absolute atomic E-state index is 6.23. The summed E-state index contributed by atoms with van der Waals surface area (Å²) < 4.78 is 1.11. The SMILES string of the molecule is Clc1nc(Nc2ccc3ncsc3c2)nc(N2CCCC(c3ccccc3)C2)n1. The van der Waals surface area contributed by atoms with Crippen LogP contribution in [0.5, 0.6) is 0 Å². The molecule has 146 valence electrons. The summed E-state index contributed by atoms with van der Waals surface area (Å²) in [5.74, 6) is 1.53. The van der Waals surface area contributed by atoms with Crippen LogP contribution in [-0.4, -0.2) is 33.0 Å². The standard InChI is InChI=1S/C21H19ClN6S/c22-19-25-20(24-16-8-9-17-18(11-16)29-13-23-17)27-21(26-19)28-10-4-7-15(12-28)14-5-2-1-3-6-14/h1-3,5-6,8-9,11,13,15H,4,7,10,12H2,(H,24,25,26,27). The van der Waals surface area contributed by atoms with Gasteiger partial charge in [-0.25, -0.2) is 4.98 Å². The summed E-state index contributed by atoms with van der Waals surface area (Å²) in [7, 11) is 0. The molecule has 1 aliphatic heterocycles. The molecule has 8 heteroatoms. The Morgan fingerprint density at radius 3 is 2.86 bits per heavy atom. The average Bonchev–Trinajstić information content (AvgIpc) is 3.22. The second kappa shape index (κ2) is 7.93. The van der Waals surface area contributed by atoms with Gasteiger partial charge in [0.2, 0.25) is 17.2 Å². The molecule has 2 aromatic heterocycles. The Hall–Kier alpha value is -2.77.